The van der Waals surface area contributed by atoms with E-state index in [1.807, 2.05) is 9.80 Å². The number of aromatic hydroxyl groups is 1. The summed E-state index contributed by atoms with van der Waals surface area (Å²) in [6.07, 6.45) is 2.50. The van der Waals surface area contributed by atoms with Gasteiger partial charge in [0.25, 0.3) is 0 Å². The average Bonchev–Trinajstić information content (AvgIpc) is 3.28. The number of aryl methyl sites for hydroxylation is 1. The minimum Gasteiger partial charge on any atom is -0.508 e. The number of carbonyl (C=O) groups excluding carboxylic acids is 2. The molecule has 1 aromatic rings. The quantitative estimate of drug-likeness (QED) is 0.566. The molecule has 3 atom stereocenters. The van der Waals surface area contributed by atoms with Crippen molar-refractivity contribution in [2.24, 2.45) is 29.2 Å². The van der Waals surface area contributed by atoms with E-state index in [0.29, 0.717) is 74.2 Å². The van der Waals surface area contributed by atoms with Crippen molar-refractivity contribution < 1.29 is 20.5 Å². The van der Waals surface area contributed by atoms with Crippen LogP contribution in [0.25, 0.3) is 0 Å². The van der Waals surface area contributed by atoms with E-state index in [1.54, 1.807) is 0 Å². The van der Waals surface area contributed by atoms with Crippen LogP contribution in [0.2, 0.25) is 0 Å². The number of halogens is 1. The molecular formula is C22H34FN5O3. The third-order valence-electron chi connectivity index (χ3n) is 6.79. The maximum absolute atomic E-state index is 13.8. The van der Waals surface area contributed by atoms with Crippen LogP contribution >= 0.6 is 0 Å². The van der Waals surface area contributed by atoms with Crippen LogP contribution in [-0.2, 0) is 16.0 Å². The summed E-state index contributed by atoms with van der Waals surface area (Å²) in [5.41, 5.74) is 13.6. The van der Waals surface area contributed by atoms with Gasteiger partial charge in [0.05, 0.1) is 0 Å². The van der Waals surface area contributed by atoms with E-state index in [1.165, 1.54) is 12.1 Å². The van der Waals surface area contributed by atoms with E-state index in [4.69, 9.17) is 11.5 Å². The first-order valence-electron chi connectivity index (χ1n) is 10.6. The molecule has 0 bridgehead atoms. The molecule has 0 saturated carbocycles. The van der Waals surface area contributed by atoms with Crippen molar-refractivity contribution in [3.8, 4) is 5.75 Å². The molecule has 9 heteroatoms. The Kier molecular flexibility index (Phi) is 6.74. The number of carbonyl (C=O) groups is 2. The lowest BCUT2D eigenvalue weighted by Gasteiger charge is -2.28. The number of amides is 2. The van der Waals surface area contributed by atoms with Crippen molar-refractivity contribution in [2.45, 2.75) is 32.1 Å². The molecule has 3 aliphatic rings. The first kappa shape index (κ1) is 22.9. The van der Waals surface area contributed by atoms with E-state index < -0.39 is 5.82 Å². The second kappa shape index (κ2) is 9.13. The predicted molar refractivity (Wildman–Crippen MR) is 116 cm³/mol. The molecule has 1 aliphatic carbocycles. The van der Waals surface area contributed by atoms with E-state index in [9.17, 15) is 19.1 Å². The molecule has 0 radical (unpaired) electrons. The molecule has 2 amide bonds. The van der Waals surface area contributed by atoms with E-state index >= 15 is 0 Å². The Morgan fingerprint density at radius 2 is 1.74 bits per heavy atom. The van der Waals surface area contributed by atoms with Gasteiger partial charge in [0.2, 0.25) is 11.8 Å². The zero-order chi connectivity index (χ0) is 21.4. The van der Waals surface area contributed by atoms with Crippen molar-refractivity contribution in [1.29, 1.82) is 0 Å². The first-order valence-corrected chi connectivity index (χ1v) is 10.6. The maximum atomic E-state index is 13.8. The van der Waals surface area contributed by atoms with Gasteiger partial charge in [-0.1, -0.05) is 6.07 Å². The lowest BCUT2D eigenvalue weighted by molar-refractivity contribution is -0.135. The molecule has 2 aliphatic heterocycles. The number of nitrogens with two attached hydrogens (primary N) is 2. The van der Waals surface area contributed by atoms with Crippen LogP contribution in [0.15, 0.2) is 29.6 Å². The Hall–Kier alpha value is -2.81. The number of rotatable bonds is 4. The van der Waals surface area contributed by atoms with Gasteiger partial charge in [-0.2, -0.15) is 0 Å². The van der Waals surface area contributed by atoms with Gasteiger partial charge in [-0.15, -0.1) is 0 Å². The van der Waals surface area contributed by atoms with E-state index in [2.05, 4.69) is 0 Å². The van der Waals surface area contributed by atoms with Crippen molar-refractivity contribution >= 4 is 11.8 Å². The fourth-order valence-corrected chi connectivity index (χ4v) is 4.97. The number of allylic oxidation sites excluding steroid dienone is 2. The molecule has 2 saturated heterocycles. The summed E-state index contributed by atoms with van der Waals surface area (Å²) >= 11 is 0. The monoisotopic (exact) mass is 435 g/mol. The summed E-state index contributed by atoms with van der Waals surface area (Å²) < 4.78 is 13.8. The fraction of sp³-hybridized carbons (Fsp3) is 0.545. The number of nitrogens with zero attached hydrogens (tertiary/aromatic N) is 2. The molecule has 0 aromatic heterocycles. The molecule has 0 spiro atoms. The maximum Gasteiger partial charge on any atom is 0.226 e. The van der Waals surface area contributed by atoms with Gasteiger partial charge >= 0.3 is 0 Å². The molecular weight excluding hydrogens is 401 g/mol. The van der Waals surface area contributed by atoms with Gasteiger partial charge < -0.3 is 32.5 Å². The topological polar surface area (TPSA) is 148 Å². The Morgan fingerprint density at radius 3 is 2.35 bits per heavy atom. The Labute approximate surface area is 183 Å². The predicted octanol–water partition coefficient (Wildman–Crippen LogP) is 1.72. The Bertz CT molecular complexity index is 882. The lowest BCUT2D eigenvalue weighted by Crippen LogP contribution is -2.39. The number of hydrogen-bond acceptors (Lipinski definition) is 6. The van der Waals surface area contributed by atoms with Crippen LogP contribution in [-0.4, -0.2) is 52.9 Å². The number of phenols is 1. The SMILES string of the molecule is N.NC1=C(N)C[C@H](C(=O)N2C[C@H]3CN(C(=O)CCc4ccc(O)cc4F)C[C@@H]3C2)CC1.[HH]. The van der Waals surface area contributed by atoms with Gasteiger partial charge in [0, 0.05) is 75.7 Å². The van der Waals surface area contributed by atoms with Gasteiger partial charge in [-0.05, 0) is 30.9 Å². The summed E-state index contributed by atoms with van der Waals surface area (Å²) in [5, 5.41) is 9.29. The zero-order valence-corrected chi connectivity index (χ0v) is 17.7. The van der Waals surface area contributed by atoms with Crippen LogP contribution in [0.5, 0.6) is 5.75 Å². The summed E-state index contributed by atoms with van der Waals surface area (Å²) in [5.74, 6) is 0.0550. The molecule has 0 unspecified atom stereocenters. The highest BCUT2D eigenvalue weighted by atomic mass is 19.1. The van der Waals surface area contributed by atoms with Crippen molar-refractivity contribution in [3.63, 3.8) is 0 Å². The standard InChI is InChI=1S/C22H29FN4O3.H3N.H2/c23-18-8-17(28)4-1-13(18)3-6-21(29)26-9-15-11-27(12-16(15)10-26)22(30)14-2-5-19(24)20(25)7-14;;/h1,4,8,14-16,28H,2-3,5-7,9-12,24-25H2;1H3;1H/t14-,15-,16-;;/m1../s1. The van der Waals surface area contributed by atoms with Gasteiger partial charge in [0.1, 0.15) is 11.6 Å². The zero-order valence-electron chi connectivity index (χ0n) is 17.7. The molecule has 4 rings (SSSR count). The summed E-state index contributed by atoms with van der Waals surface area (Å²) in [7, 11) is 0. The highest BCUT2D eigenvalue weighted by Gasteiger charge is 2.44. The molecule has 8 nitrogen and oxygen atoms in total. The molecule has 8 N–H and O–H groups in total. The van der Waals surface area contributed by atoms with Crippen molar-refractivity contribution in [2.75, 3.05) is 26.2 Å². The summed E-state index contributed by atoms with van der Waals surface area (Å²) in [4.78, 5) is 29.3. The molecule has 172 valence electrons. The highest BCUT2D eigenvalue weighted by molar-refractivity contribution is 5.80. The third-order valence-corrected chi connectivity index (χ3v) is 6.79. The van der Waals surface area contributed by atoms with Crippen molar-refractivity contribution in [1.82, 2.24) is 16.0 Å². The second-order valence-corrected chi connectivity index (χ2v) is 8.83. The normalized spacial score (nSPS) is 25.4. The Morgan fingerprint density at radius 1 is 1.10 bits per heavy atom. The molecule has 31 heavy (non-hydrogen) atoms. The molecule has 2 heterocycles. The number of likely N-dealkylation sites (tertiary alicyclic amines) is 2. The van der Waals surface area contributed by atoms with E-state index in [-0.39, 0.29) is 37.5 Å². The third kappa shape index (κ3) is 4.76. The lowest BCUT2D eigenvalue weighted by atomic mass is 9.89. The van der Waals surface area contributed by atoms with Crippen molar-refractivity contribution in [3.05, 3.63) is 41.0 Å². The number of benzene rings is 1. The average molecular weight is 436 g/mol. The first-order chi connectivity index (χ1) is 14.3. The summed E-state index contributed by atoms with van der Waals surface area (Å²) in [6, 6.07) is 4.01. The minimum atomic E-state index is -0.491. The van der Waals surface area contributed by atoms with Gasteiger partial charge in [-0.3, -0.25) is 9.59 Å². The highest BCUT2D eigenvalue weighted by Crippen LogP contribution is 2.34. The van der Waals surface area contributed by atoms with Gasteiger partial charge in [-0.25, -0.2) is 4.39 Å². The molecule has 1 aromatic carbocycles. The van der Waals surface area contributed by atoms with Crippen LogP contribution in [0.1, 0.15) is 32.7 Å². The number of fused-ring (bicyclic) bond motifs is 1. The number of phenolic OH excluding ortho intramolecular Hbond substituents is 1. The Balaban J connectivity index is 0.00000181. The van der Waals surface area contributed by atoms with E-state index in [0.717, 1.165) is 12.5 Å². The van der Waals surface area contributed by atoms with Crippen LogP contribution in [0.4, 0.5) is 4.39 Å². The van der Waals surface area contributed by atoms with Crippen LogP contribution in [0.3, 0.4) is 0 Å². The smallest absolute Gasteiger partial charge is 0.226 e. The number of hydrogen-bond donors (Lipinski definition) is 4. The second-order valence-electron chi connectivity index (χ2n) is 8.83. The summed E-state index contributed by atoms with van der Waals surface area (Å²) in [6.45, 7) is 2.64. The van der Waals surface area contributed by atoms with Gasteiger partial charge in [0.15, 0.2) is 0 Å². The largest absolute Gasteiger partial charge is 0.508 e. The van der Waals surface area contributed by atoms with Crippen LogP contribution in [0, 0.1) is 23.6 Å². The minimum absolute atomic E-state index is 0. The fourth-order valence-electron chi connectivity index (χ4n) is 4.97. The molecule has 2 fully saturated rings. The van der Waals surface area contributed by atoms with Crippen LogP contribution < -0.4 is 17.6 Å².